The first-order valence-electron chi connectivity index (χ1n) is 5.09. The Morgan fingerprint density at radius 3 is 2.72 bits per heavy atom. The van der Waals surface area contributed by atoms with E-state index < -0.39 is 5.97 Å². The zero-order valence-corrected chi connectivity index (χ0v) is 10.9. The molecule has 1 aromatic heterocycles. The Labute approximate surface area is 112 Å². The van der Waals surface area contributed by atoms with Crippen LogP contribution >= 0.6 is 23.5 Å². The molecule has 0 bridgehead atoms. The molecular weight excluding hydrogens is 272 g/mol. The molecule has 2 aromatic rings. The summed E-state index contributed by atoms with van der Waals surface area (Å²) in [5, 5.41) is 16.4. The van der Waals surface area contributed by atoms with Gasteiger partial charge in [0, 0.05) is 4.90 Å². The summed E-state index contributed by atoms with van der Waals surface area (Å²) < 4.78 is 5.31. The van der Waals surface area contributed by atoms with E-state index in [-0.39, 0.29) is 5.75 Å². The van der Waals surface area contributed by atoms with E-state index in [1.807, 2.05) is 30.3 Å². The molecule has 1 aromatic carbocycles. The summed E-state index contributed by atoms with van der Waals surface area (Å²) in [5.74, 6) is 0.0909. The Morgan fingerprint density at radius 1 is 1.22 bits per heavy atom. The molecule has 0 aliphatic carbocycles. The molecule has 0 saturated heterocycles. The maximum absolute atomic E-state index is 10.4. The van der Waals surface area contributed by atoms with Crippen LogP contribution < -0.4 is 0 Å². The van der Waals surface area contributed by atoms with Crippen LogP contribution in [0.5, 0.6) is 0 Å². The molecule has 94 valence electrons. The summed E-state index contributed by atoms with van der Waals surface area (Å²) in [5.41, 5.74) is 0. The first-order chi connectivity index (χ1) is 8.74. The maximum Gasteiger partial charge on any atom is 0.314 e. The molecular formula is C11H10N2O3S2. The largest absolute Gasteiger partial charge is 0.481 e. The van der Waals surface area contributed by atoms with E-state index in [1.165, 1.54) is 0 Å². The van der Waals surface area contributed by atoms with Crippen LogP contribution in [0.25, 0.3) is 0 Å². The van der Waals surface area contributed by atoms with Gasteiger partial charge in [0.15, 0.2) is 0 Å². The highest BCUT2D eigenvalue weighted by molar-refractivity contribution is 7.99. The molecule has 1 heterocycles. The molecule has 0 unspecified atom stereocenters. The monoisotopic (exact) mass is 282 g/mol. The lowest BCUT2D eigenvalue weighted by Crippen LogP contribution is -1.97. The molecule has 1 N–H and O–H groups in total. The Hall–Kier alpha value is -1.47. The van der Waals surface area contributed by atoms with Crippen LogP contribution in [0.3, 0.4) is 0 Å². The fourth-order valence-electron chi connectivity index (χ4n) is 1.14. The van der Waals surface area contributed by atoms with Crippen LogP contribution in [0, 0.1) is 0 Å². The molecule has 2 rings (SSSR count). The lowest BCUT2D eigenvalue weighted by Gasteiger charge is -1.96. The predicted octanol–water partition coefficient (Wildman–Crippen LogP) is 2.54. The van der Waals surface area contributed by atoms with Gasteiger partial charge in [0.2, 0.25) is 5.89 Å². The van der Waals surface area contributed by atoms with Crippen molar-refractivity contribution < 1.29 is 14.3 Å². The van der Waals surface area contributed by atoms with Crippen LogP contribution in [0.1, 0.15) is 5.89 Å². The van der Waals surface area contributed by atoms with Crippen molar-refractivity contribution in [3.63, 3.8) is 0 Å². The molecule has 0 radical (unpaired) electrons. The number of carboxylic acid groups (broad SMARTS) is 1. The van der Waals surface area contributed by atoms with E-state index in [0.29, 0.717) is 16.9 Å². The molecule has 0 aliphatic heterocycles. The Morgan fingerprint density at radius 2 is 2.00 bits per heavy atom. The van der Waals surface area contributed by atoms with Gasteiger partial charge in [-0.15, -0.1) is 22.0 Å². The smallest absolute Gasteiger partial charge is 0.314 e. The van der Waals surface area contributed by atoms with Gasteiger partial charge in [-0.3, -0.25) is 4.79 Å². The van der Waals surface area contributed by atoms with Crippen molar-refractivity contribution in [3.05, 3.63) is 36.2 Å². The Balaban J connectivity index is 1.85. The third-order valence-electron chi connectivity index (χ3n) is 1.87. The first-order valence-corrected chi connectivity index (χ1v) is 7.06. The van der Waals surface area contributed by atoms with Crippen LogP contribution in [0.15, 0.2) is 44.9 Å². The summed E-state index contributed by atoms with van der Waals surface area (Å²) in [6.45, 7) is 0. The van der Waals surface area contributed by atoms with Crippen molar-refractivity contribution in [1.29, 1.82) is 0 Å². The fraction of sp³-hybridized carbons (Fsp3) is 0.182. The van der Waals surface area contributed by atoms with Crippen LogP contribution in [-0.2, 0) is 10.5 Å². The van der Waals surface area contributed by atoms with Crippen molar-refractivity contribution in [2.45, 2.75) is 15.9 Å². The quantitative estimate of drug-likeness (QED) is 0.816. The van der Waals surface area contributed by atoms with Crippen LogP contribution in [0.2, 0.25) is 0 Å². The van der Waals surface area contributed by atoms with Gasteiger partial charge in [0.05, 0.1) is 5.75 Å². The average molecular weight is 282 g/mol. The summed E-state index contributed by atoms with van der Waals surface area (Å²) >= 11 is 2.61. The number of carboxylic acids is 1. The van der Waals surface area contributed by atoms with E-state index >= 15 is 0 Å². The zero-order valence-electron chi connectivity index (χ0n) is 9.28. The SMILES string of the molecule is O=C(O)CSc1nnc(CSc2ccccc2)o1. The van der Waals surface area contributed by atoms with Gasteiger partial charge < -0.3 is 9.52 Å². The number of benzene rings is 1. The number of aliphatic carboxylic acids is 1. The molecule has 5 nitrogen and oxygen atoms in total. The summed E-state index contributed by atoms with van der Waals surface area (Å²) in [4.78, 5) is 11.5. The van der Waals surface area contributed by atoms with E-state index in [1.54, 1.807) is 11.8 Å². The average Bonchev–Trinajstić information content (AvgIpc) is 2.83. The minimum Gasteiger partial charge on any atom is -0.481 e. The second kappa shape index (κ2) is 6.46. The molecule has 0 aliphatic rings. The van der Waals surface area contributed by atoms with Gasteiger partial charge in [-0.25, -0.2) is 0 Å². The number of aromatic nitrogens is 2. The Kier molecular flexibility index (Phi) is 4.66. The van der Waals surface area contributed by atoms with Crippen molar-refractivity contribution in [3.8, 4) is 0 Å². The number of hydrogen-bond acceptors (Lipinski definition) is 6. The summed E-state index contributed by atoms with van der Waals surface area (Å²) in [7, 11) is 0. The van der Waals surface area contributed by atoms with Crippen molar-refractivity contribution in [2.24, 2.45) is 0 Å². The van der Waals surface area contributed by atoms with Crippen LogP contribution in [-0.4, -0.2) is 27.0 Å². The van der Waals surface area contributed by atoms with E-state index in [9.17, 15) is 4.79 Å². The predicted molar refractivity (Wildman–Crippen MR) is 68.7 cm³/mol. The van der Waals surface area contributed by atoms with E-state index in [0.717, 1.165) is 16.7 Å². The highest BCUT2D eigenvalue weighted by Gasteiger charge is 2.08. The van der Waals surface area contributed by atoms with Gasteiger partial charge >= 0.3 is 5.97 Å². The second-order valence-corrected chi connectivity index (χ2v) is 5.22. The van der Waals surface area contributed by atoms with Crippen molar-refractivity contribution in [1.82, 2.24) is 10.2 Å². The lowest BCUT2D eigenvalue weighted by molar-refractivity contribution is -0.133. The van der Waals surface area contributed by atoms with Gasteiger partial charge in [-0.2, -0.15) is 0 Å². The fourth-order valence-corrected chi connectivity index (χ4v) is 2.40. The molecule has 7 heteroatoms. The van der Waals surface area contributed by atoms with E-state index in [2.05, 4.69) is 10.2 Å². The normalized spacial score (nSPS) is 10.4. The highest BCUT2D eigenvalue weighted by Crippen LogP contribution is 2.23. The standard InChI is InChI=1S/C11H10N2O3S2/c14-10(15)7-18-11-13-12-9(16-11)6-17-8-4-2-1-3-5-8/h1-5H,6-7H2,(H,14,15). The number of nitrogens with zero attached hydrogens (tertiary/aromatic N) is 2. The van der Waals surface area contributed by atoms with Gasteiger partial charge in [-0.05, 0) is 12.1 Å². The number of carbonyl (C=O) groups is 1. The van der Waals surface area contributed by atoms with Crippen LogP contribution in [0.4, 0.5) is 0 Å². The third-order valence-corrected chi connectivity index (χ3v) is 3.67. The Bertz CT molecular complexity index is 516. The minimum absolute atomic E-state index is 0.0759. The number of thioether (sulfide) groups is 2. The van der Waals surface area contributed by atoms with E-state index in [4.69, 9.17) is 9.52 Å². The topological polar surface area (TPSA) is 76.2 Å². The molecule has 0 fully saturated rings. The zero-order chi connectivity index (χ0) is 12.8. The van der Waals surface area contributed by atoms with Gasteiger partial charge in [0.1, 0.15) is 5.75 Å². The van der Waals surface area contributed by atoms with Crippen molar-refractivity contribution in [2.75, 3.05) is 5.75 Å². The number of rotatable bonds is 6. The number of hydrogen-bond donors (Lipinski definition) is 1. The lowest BCUT2D eigenvalue weighted by atomic mass is 10.4. The van der Waals surface area contributed by atoms with Gasteiger partial charge in [-0.1, -0.05) is 30.0 Å². The second-order valence-electron chi connectivity index (χ2n) is 3.25. The highest BCUT2D eigenvalue weighted by atomic mass is 32.2. The molecule has 0 spiro atoms. The third kappa shape index (κ3) is 4.08. The van der Waals surface area contributed by atoms with Crippen molar-refractivity contribution >= 4 is 29.5 Å². The first kappa shape index (κ1) is 13.0. The summed E-state index contributed by atoms with van der Waals surface area (Å²) in [6, 6.07) is 9.88. The maximum atomic E-state index is 10.4. The summed E-state index contributed by atoms with van der Waals surface area (Å²) in [6.07, 6.45) is 0. The molecule has 18 heavy (non-hydrogen) atoms. The van der Waals surface area contributed by atoms with Gasteiger partial charge in [0.25, 0.3) is 5.22 Å². The minimum atomic E-state index is -0.904. The molecule has 0 atom stereocenters. The molecule has 0 amide bonds. The molecule has 0 saturated carbocycles.